The second kappa shape index (κ2) is 2.71. The Labute approximate surface area is 74.1 Å². The summed E-state index contributed by atoms with van der Waals surface area (Å²) in [5.41, 5.74) is 5.42. The first kappa shape index (κ1) is 8.52. The SMILES string of the molecule is CC1(O)CC2CCCC(C2)C1N. The lowest BCUT2D eigenvalue weighted by molar-refractivity contribution is -0.0562. The van der Waals surface area contributed by atoms with Crippen LogP contribution < -0.4 is 5.73 Å². The summed E-state index contributed by atoms with van der Waals surface area (Å²) in [6.07, 6.45) is 6.04. The molecule has 2 aliphatic rings. The monoisotopic (exact) mass is 169 g/mol. The van der Waals surface area contributed by atoms with Gasteiger partial charge in [0.2, 0.25) is 0 Å². The van der Waals surface area contributed by atoms with Crippen LogP contribution in [0.1, 0.15) is 39.0 Å². The first-order valence-corrected chi connectivity index (χ1v) is 5.07. The minimum absolute atomic E-state index is 0.0223. The highest BCUT2D eigenvalue weighted by Crippen LogP contribution is 2.43. The maximum absolute atomic E-state index is 10.0. The van der Waals surface area contributed by atoms with Crippen LogP contribution in [0.5, 0.6) is 0 Å². The summed E-state index contributed by atoms with van der Waals surface area (Å²) < 4.78 is 0. The van der Waals surface area contributed by atoms with Gasteiger partial charge in [0.25, 0.3) is 0 Å². The van der Waals surface area contributed by atoms with Gasteiger partial charge < -0.3 is 10.8 Å². The molecular weight excluding hydrogens is 150 g/mol. The Hall–Kier alpha value is -0.0800. The number of aliphatic hydroxyl groups is 1. The number of hydrogen-bond donors (Lipinski definition) is 2. The number of rotatable bonds is 0. The summed E-state index contributed by atoms with van der Waals surface area (Å²) in [6, 6.07) is 0.0223. The van der Waals surface area contributed by atoms with Crippen molar-refractivity contribution in [2.24, 2.45) is 17.6 Å². The molecule has 4 atom stereocenters. The lowest BCUT2D eigenvalue weighted by atomic mass is 9.64. The van der Waals surface area contributed by atoms with Crippen LogP contribution >= 0.6 is 0 Å². The van der Waals surface area contributed by atoms with Crippen molar-refractivity contribution in [3.8, 4) is 0 Å². The molecule has 2 aliphatic carbocycles. The Morgan fingerprint density at radius 3 is 2.92 bits per heavy atom. The van der Waals surface area contributed by atoms with Crippen molar-refractivity contribution < 1.29 is 5.11 Å². The van der Waals surface area contributed by atoms with Gasteiger partial charge in [-0.1, -0.05) is 12.8 Å². The molecule has 0 aromatic carbocycles. The Morgan fingerprint density at radius 1 is 1.42 bits per heavy atom. The van der Waals surface area contributed by atoms with Crippen molar-refractivity contribution in [3.63, 3.8) is 0 Å². The van der Waals surface area contributed by atoms with Crippen molar-refractivity contribution in [1.29, 1.82) is 0 Å². The van der Waals surface area contributed by atoms with E-state index < -0.39 is 5.60 Å². The molecule has 0 amide bonds. The van der Waals surface area contributed by atoms with Crippen molar-refractivity contribution in [1.82, 2.24) is 0 Å². The molecule has 2 rings (SSSR count). The minimum Gasteiger partial charge on any atom is -0.389 e. The van der Waals surface area contributed by atoms with Crippen LogP contribution in [0.25, 0.3) is 0 Å². The first-order valence-electron chi connectivity index (χ1n) is 5.07. The average Bonchev–Trinajstić information content (AvgIpc) is 2.01. The zero-order valence-corrected chi connectivity index (χ0v) is 7.79. The van der Waals surface area contributed by atoms with Gasteiger partial charge >= 0.3 is 0 Å². The fraction of sp³-hybridized carbons (Fsp3) is 1.00. The van der Waals surface area contributed by atoms with Crippen molar-refractivity contribution in [3.05, 3.63) is 0 Å². The van der Waals surface area contributed by atoms with Crippen LogP contribution in [0, 0.1) is 11.8 Å². The van der Waals surface area contributed by atoms with Crippen LogP contribution in [0.4, 0.5) is 0 Å². The van der Waals surface area contributed by atoms with Gasteiger partial charge in [-0.2, -0.15) is 0 Å². The highest BCUT2D eigenvalue weighted by atomic mass is 16.3. The maximum Gasteiger partial charge on any atom is 0.0775 e. The Morgan fingerprint density at radius 2 is 2.17 bits per heavy atom. The van der Waals surface area contributed by atoms with E-state index in [1.54, 1.807) is 0 Å². The molecule has 2 fully saturated rings. The fourth-order valence-corrected chi connectivity index (χ4v) is 3.07. The molecule has 70 valence electrons. The van der Waals surface area contributed by atoms with Gasteiger partial charge in [0.05, 0.1) is 5.60 Å². The van der Waals surface area contributed by atoms with E-state index in [9.17, 15) is 5.11 Å². The Bertz CT molecular complexity index is 179. The number of hydrogen-bond acceptors (Lipinski definition) is 2. The van der Waals surface area contributed by atoms with E-state index in [-0.39, 0.29) is 6.04 Å². The van der Waals surface area contributed by atoms with E-state index in [4.69, 9.17) is 5.73 Å². The summed E-state index contributed by atoms with van der Waals surface area (Å²) in [4.78, 5) is 0. The molecule has 2 bridgehead atoms. The molecule has 2 nitrogen and oxygen atoms in total. The maximum atomic E-state index is 10.0. The van der Waals surface area contributed by atoms with Crippen molar-refractivity contribution >= 4 is 0 Å². The molecule has 2 heteroatoms. The molecule has 0 heterocycles. The van der Waals surface area contributed by atoms with E-state index in [2.05, 4.69) is 0 Å². The molecular formula is C10H19NO. The number of nitrogens with two attached hydrogens (primary N) is 1. The predicted molar refractivity (Wildman–Crippen MR) is 48.7 cm³/mol. The molecule has 12 heavy (non-hydrogen) atoms. The largest absolute Gasteiger partial charge is 0.389 e. The van der Waals surface area contributed by atoms with Gasteiger partial charge in [-0.15, -0.1) is 0 Å². The first-order chi connectivity index (χ1) is 5.59. The summed E-state index contributed by atoms with van der Waals surface area (Å²) in [7, 11) is 0. The summed E-state index contributed by atoms with van der Waals surface area (Å²) in [5, 5.41) is 10.0. The summed E-state index contributed by atoms with van der Waals surface area (Å²) in [5.74, 6) is 1.34. The standard InChI is InChI=1S/C10H19NO/c1-10(12)6-7-3-2-4-8(5-7)9(10)11/h7-9,12H,2-6,11H2,1H3. The molecule has 3 N–H and O–H groups in total. The van der Waals surface area contributed by atoms with Gasteiger partial charge in [-0.05, 0) is 38.0 Å². The highest BCUT2D eigenvalue weighted by molar-refractivity contribution is 4.99. The zero-order valence-electron chi connectivity index (χ0n) is 7.79. The van der Waals surface area contributed by atoms with Gasteiger partial charge in [0, 0.05) is 6.04 Å². The van der Waals surface area contributed by atoms with Gasteiger partial charge in [0.1, 0.15) is 0 Å². The quantitative estimate of drug-likeness (QED) is 0.573. The predicted octanol–water partition coefficient (Wildman–Crippen LogP) is 1.27. The number of fused-ring (bicyclic) bond motifs is 2. The van der Waals surface area contributed by atoms with Crippen LogP contribution in [0.3, 0.4) is 0 Å². The third-order valence-corrected chi connectivity index (χ3v) is 3.75. The third-order valence-electron chi connectivity index (χ3n) is 3.75. The molecule has 0 spiro atoms. The lowest BCUT2D eigenvalue weighted by Crippen LogP contribution is -2.56. The Balaban J connectivity index is 2.14. The smallest absolute Gasteiger partial charge is 0.0775 e. The average molecular weight is 169 g/mol. The van der Waals surface area contributed by atoms with E-state index in [0.29, 0.717) is 5.92 Å². The zero-order chi connectivity index (χ0) is 8.77. The Kier molecular flexibility index (Phi) is 1.92. The lowest BCUT2D eigenvalue weighted by Gasteiger charge is -2.47. The van der Waals surface area contributed by atoms with Gasteiger partial charge in [-0.25, -0.2) is 0 Å². The third kappa shape index (κ3) is 1.27. The van der Waals surface area contributed by atoms with Crippen molar-refractivity contribution in [2.75, 3.05) is 0 Å². The fourth-order valence-electron chi connectivity index (χ4n) is 3.07. The van der Waals surface area contributed by atoms with E-state index in [1.165, 1.54) is 25.7 Å². The molecule has 0 aliphatic heterocycles. The van der Waals surface area contributed by atoms with E-state index in [1.807, 2.05) is 6.92 Å². The highest BCUT2D eigenvalue weighted by Gasteiger charge is 2.43. The molecule has 2 saturated carbocycles. The van der Waals surface area contributed by atoms with E-state index in [0.717, 1.165) is 12.3 Å². The van der Waals surface area contributed by atoms with E-state index >= 15 is 0 Å². The van der Waals surface area contributed by atoms with Gasteiger partial charge in [-0.3, -0.25) is 0 Å². The van der Waals surface area contributed by atoms with Crippen LogP contribution in [-0.2, 0) is 0 Å². The molecule has 0 saturated heterocycles. The molecule has 0 aromatic heterocycles. The molecule has 0 radical (unpaired) electrons. The summed E-state index contributed by atoms with van der Waals surface area (Å²) >= 11 is 0. The van der Waals surface area contributed by atoms with Crippen LogP contribution in [0.15, 0.2) is 0 Å². The topological polar surface area (TPSA) is 46.2 Å². The summed E-state index contributed by atoms with van der Waals surface area (Å²) in [6.45, 7) is 1.90. The second-order valence-corrected chi connectivity index (χ2v) is 4.88. The minimum atomic E-state index is -0.589. The second-order valence-electron chi connectivity index (χ2n) is 4.88. The molecule has 4 unspecified atom stereocenters. The van der Waals surface area contributed by atoms with Crippen molar-refractivity contribution in [2.45, 2.75) is 50.7 Å². The van der Waals surface area contributed by atoms with Crippen LogP contribution in [0.2, 0.25) is 0 Å². The van der Waals surface area contributed by atoms with Gasteiger partial charge in [0.15, 0.2) is 0 Å². The molecule has 0 aromatic rings. The normalized spacial score (nSPS) is 53.8. The van der Waals surface area contributed by atoms with Crippen LogP contribution in [-0.4, -0.2) is 16.7 Å².